The van der Waals surface area contributed by atoms with Crippen molar-refractivity contribution in [3.8, 4) is 22.8 Å². The lowest BCUT2D eigenvalue weighted by Crippen LogP contribution is -2.08. The molecule has 2 aromatic carbocycles. The maximum atomic E-state index is 14.4. The third kappa shape index (κ3) is 3.64. The van der Waals surface area contributed by atoms with Gasteiger partial charge in [0.2, 0.25) is 0 Å². The zero-order chi connectivity index (χ0) is 19.9. The van der Waals surface area contributed by atoms with Crippen molar-refractivity contribution >= 4 is 15.9 Å². The second-order valence-electron chi connectivity index (χ2n) is 6.23. The molecular weight excluding hydrogens is 438 g/mol. The van der Waals surface area contributed by atoms with E-state index in [0.29, 0.717) is 24.0 Å². The fourth-order valence-electron chi connectivity index (χ4n) is 2.89. The summed E-state index contributed by atoms with van der Waals surface area (Å²) < 4.78 is 56.1. The van der Waals surface area contributed by atoms with Crippen molar-refractivity contribution in [2.45, 2.75) is 12.7 Å². The summed E-state index contributed by atoms with van der Waals surface area (Å²) in [7, 11) is 0. The summed E-state index contributed by atoms with van der Waals surface area (Å²) in [5, 5.41) is 0. The lowest BCUT2D eigenvalue weighted by Gasteiger charge is -2.09. The molecule has 0 radical (unpaired) electrons. The molecule has 0 saturated heterocycles. The van der Waals surface area contributed by atoms with Gasteiger partial charge >= 0.3 is 6.18 Å². The maximum absolute atomic E-state index is 14.4. The van der Waals surface area contributed by atoms with Gasteiger partial charge in [-0.15, -0.1) is 0 Å². The molecule has 8 heteroatoms. The molecule has 2 aliphatic rings. The monoisotopic (exact) mass is 449 g/mol. The Morgan fingerprint density at radius 3 is 2.36 bits per heavy atom. The van der Waals surface area contributed by atoms with E-state index in [0.717, 1.165) is 16.1 Å². The van der Waals surface area contributed by atoms with Gasteiger partial charge in [0.05, 0.1) is 16.8 Å². The van der Waals surface area contributed by atoms with Crippen LogP contribution < -0.4 is 0 Å². The van der Waals surface area contributed by atoms with Crippen molar-refractivity contribution in [3.05, 3.63) is 82.3 Å². The van der Waals surface area contributed by atoms with Crippen LogP contribution in [0.3, 0.4) is 0 Å². The Bertz CT molecular complexity index is 1100. The average molecular weight is 450 g/mol. The van der Waals surface area contributed by atoms with Crippen molar-refractivity contribution in [2.24, 2.45) is 0 Å². The largest absolute Gasteiger partial charge is 0.419 e. The number of rotatable bonds is 3. The molecule has 2 aromatic rings. The number of hydrogen-bond donors (Lipinski definition) is 0. The first-order chi connectivity index (χ1) is 13.3. The molecule has 0 aromatic heterocycles. The number of hydrogen-bond acceptors (Lipinski definition) is 2. The minimum absolute atomic E-state index is 0.0695. The van der Waals surface area contributed by atoms with Crippen molar-refractivity contribution in [1.82, 2.24) is 14.5 Å². The number of halogens is 5. The van der Waals surface area contributed by atoms with Gasteiger partial charge in [-0.1, -0.05) is 34.1 Å². The summed E-state index contributed by atoms with van der Waals surface area (Å²) in [6.07, 6.45) is -1.25. The molecule has 0 atom stereocenters. The van der Waals surface area contributed by atoms with Crippen LogP contribution in [0.5, 0.6) is 0 Å². The van der Waals surface area contributed by atoms with Gasteiger partial charge in [-0.3, -0.25) is 0 Å². The van der Waals surface area contributed by atoms with E-state index >= 15 is 0 Å². The third-order valence-corrected chi connectivity index (χ3v) is 4.78. The van der Waals surface area contributed by atoms with Gasteiger partial charge in [0.1, 0.15) is 11.5 Å². The maximum Gasteiger partial charge on any atom is 0.419 e. The Balaban J connectivity index is 1.70. The normalized spacial score (nSPS) is 11.9. The van der Waals surface area contributed by atoms with E-state index in [1.807, 2.05) is 28.8 Å². The summed E-state index contributed by atoms with van der Waals surface area (Å²) in [6, 6.07) is 12.6. The van der Waals surface area contributed by atoms with E-state index < -0.39 is 17.6 Å². The molecule has 2 aliphatic heterocycles. The molecule has 0 saturated carbocycles. The van der Waals surface area contributed by atoms with Gasteiger partial charge in [-0.05, 0) is 35.9 Å². The Hall–Kier alpha value is -2.74. The van der Waals surface area contributed by atoms with E-state index in [9.17, 15) is 17.6 Å². The Morgan fingerprint density at radius 1 is 0.929 bits per heavy atom. The van der Waals surface area contributed by atoms with Crippen LogP contribution in [0.25, 0.3) is 22.8 Å². The molecule has 0 fully saturated rings. The summed E-state index contributed by atoms with van der Waals surface area (Å²) in [6.45, 7) is 0.587. The smallest absolute Gasteiger partial charge is 0.348 e. The van der Waals surface area contributed by atoms with E-state index in [1.54, 1.807) is 18.5 Å². The fourth-order valence-corrected chi connectivity index (χ4v) is 3.16. The Labute approximate surface area is 166 Å². The zero-order valence-electron chi connectivity index (χ0n) is 14.2. The van der Waals surface area contributed by atoms with Crippen LogP contribution in [0.1, 0.15) is 11.1 Å². The number of aromatic nitrogens is 3. The van der Waals surface area contributed by atoms with Crippen LogP contribution in [0.4, 0.5) is 17.6 Å². The molecular formula is C20H12BrF4N3. The molecule has 28 heavy (non-hydrogen) atoms. The van der Waals surface area contributed by atoms with Gasteiger partial charge in [-0.25, -0.2) is 14.4 Å². The minimum atomic E-state index is -4.78. The highest BCUT2D eigenvalue weighted by Gasteiger charge is 2.35. The first-order valence-corrected chi connectivity index (χ1v) is 9.04. The summed E-state index contributed by atoms with van der Waals surface area (Å²) in [5.74, 6) is -1.44. The lowest BCUT2D eigenvalue weighted by molar-refractivity contribution is -0.139. The van der Waals surface area contributed by atoms with E-state index in [-0.39, 0.29) is 11.4 Å². The van der Waals surface area contributed by atoms with E-state index in [4.69, 9.17) is 0 Å². The molecule has 0 N–H and O–H groups in total. The molecule has 0 bridgehead atoms. The molecule has 3 nitrogen and oxygen atoms in total. The van der Waals surface area contributed by atoms with Gasteiger partial charge in [0.25, 0.3) is 0 Å². The van der Waals surface area contributed by atoms with Crippen LogP contribution in [0, 0.1) is 5.82 Å². The van der Waals surface area contributed by atoms with Gasteiger partial charge in [0, 0.05) is 23.4 Å². The number of imidazole rings is 1. The predicted molar refractivity (Wildman–Crippen MR) is 100 cm³/mol. The van der Waals surface area contributed by atoms with Gasteiger partial charge in [0.15, 0.2) is 5.82 Å². The number of alkyl halides is 3. The zero-order valence-corrected chi connectivity index (χ0v) is 15.8. The number of benzene rings is 2. The van der Waals surface area contributed by atoms with Crippen LogP contribution in [-0.2, 0) is 12.7 Å². The van der Waals surface area contributed by atoms with Crippen molar-refractivity contribution in [1.29, 1.82) is 0 Å². The fraction of sp³-hybridized carbons (Fsp3) is 0.100. The highest BCUT2D eigenvalue weighted by molar-refractivity contribution is 9.10. The molecule has 0 spiro atoms. The van der Waals surface area contributed by atoms with E-state index in [2.05, 4.69) is 25.9 Å². The Kier molecular flexibility index (Phi) is 4.66. The van der Waals surface area contributed by atoms with Crippen molar-refractivity contribution in [2.75, 3.05) is 0 Å². The van der Waals surface area contributed by atoms with Gasteiger partial charge in [-0.2, -0.15) is 13.2 Å². The first-order valence-electron chi connectivity index (χ1n) is 8.25. The third-order valence-electron chi connectivity index (χ3n) is 4.25. The molecule has 2 heterocycles. The summed E-state index contributed by atoms with van der Waals surface area (Å²) in [4.78, 5) is 8.43. The van der Waals surface area contributed by atoms with Crippen LogP contribution in [0.15, 0.2) is 65.4 Å². The minimum Gasteiger partial charge on any atom is -0.348 e. The van der Waals surface area contributed by atoms with E-state index in [1.165, 1.54) is 6.07 Å². The predicted octanol–water partition coefficient (Wildman–Crippen LogP) is 6.02. The highest BCUT2D eigenvalue weighted by Crippen LogP contribution is 2.35. The molecule has 0 aliphatic carbocycles. The van der Waals surface area contributed by atoms with Crippen LogP contribution in [0.2, 0.25) is 0 Å². The molecule has 0 unspecified atom stereocenters. The number of nitrogens with zero attached hydrogens (tertiary/aromatic N) is 3. The first kappa shape index (κ1) is 18.6. The van der Waals surface area contributed by atoms with Gasteiger partial charge < -0.3 is 4.57 Å². The second kappa shape index (κ2) is 7.01. The lowest BCUT2D eigenvalue weighted by atomic mass is 10.1. The molecule has 4 rings (SSSR count). The Morgan fingerprint density at radius 2 is 1.64 bits per heavy atom. The number of pyridine rings is 1. The quantitative estimate of drug-likeness (QED) is 0.358. The number of fused-ring (bicyclic) bond motifs is 1. The average Bonchev–Trinajstić information content (AvgIpc) is 3.06. The van der Waals surface area contributed by atoms with Crippen LogP contribution in [-0.4, -0.2) is 14.5 Å². The topological polar surface area (TPSA) is 30.7 Å². The van der Waals surface area contributed by atoms with Crippen molar-refractivity contribution in [3.63, 3.8) is 0 Å². The van der Waals surface area contributed by atoms with Crippen molar-refractivity contribution < 1.29 is 17.6 Å². The highest BCUT2D eigenvalue weighted by atomic mass is 79.9. The standard InChI is InChI=1S/C20H12BrF4N3/c21-13-6-4-12(5-7-13)10-28-9-8-16-17(11-28)27-19(26-16)14-2-1-3-15(18(14)22)20(23,24)25/h1-9,11H,10H2. The SMILES string of the molecule is Fc1c(-c2nc3ccn(Cc4ccc(Br)cc4)cc-3n2)cccc1C(F)(F)F. The summed E-state index contributed by atoms with van der Waals surface area (Å²) >= 11 is 3.39. The van der Waals surface area contributed by atoms with Crippen LogP contribution >= 0.6 is 15.9 Å². The summed E-state index contributed by atoms with van der Waals surface area (Å²) in [5.41, 5.74) is 0.427. The molecule has 142 valence electrons. The molecule has 0 amide bonds. The second-order valence-corrected chi connectivity index (χ2v) is 7.14.